The average Bonchev–Trinajstić information content (AvgIpc) is 3.63. The van der Waals surface area contributed by atoms with Crippen molar-refractivity contribution in [1.29, 1.82) is 0 Å². The van der Waals surface area contributed by atoms with Gasteiger partial charge in [0.15, 0.2) is 0 Å². The second kappa shape index (κ2) is 10.7. The molecular weight excluding hydrogens is 436 g/mol. The number of aliphatic carboxylic acids is 1. The van der Waals surface area contributed by atoms with Gasteiger partial charge in [-0.3, -0.25) is 4.79 Å². The molecular formula is C26H30N2O6. The number of amides is 2. The van der Waals surface area contributed by atoms with E-state index in [1.54, 1.807) is 0 Å². The number of carboxylic acids is 1. The molecule has 0 bridgehead atoms. The molecule has 2 unspecified atom stereocenters. The van der Waals surface area contributed by atoms with Crippen LogP contribution in [0.2, 0.25) is 0 Å². The fourth-order valence-corrected chi connectivity index (χ4v) is 4.54. The van der Waals surface area contributed by atoms with Gasteiger partial charge in [0.2, 0.25) is 5.91 Å². The van der Waals surface area contributed by atoms with Crippen molar-refractivity contribution in [2.45, 2.75) is 43.7 Å². The Kier molecular flexibility index (Phi) is 7.47. The Balaban J connectivity index is 1.37. The third-order valence-corrected chi connectivity index (χ3v) is 6.45. The summed E-state index contributed by atoms with van der Waals surface area (Å²) in [5.41, 5.74) is 4.48. The normalized spacial score (nSPS) is 16.1. The lowest BCUT2D eigenvalue weighted by Crippen LogP contribution is -2.52. The molecule has 2 aromatic rings. The van der Waals surface area contributed by atoms with Gasteiger partial charge in [-0.1, -0.05) is 48.5 Å². The number of carbonyl (C=O) groups is 3. The fourth-order valence-electron chi connectivity index (χ4n) is 4.54. The summed E-state index contributed by atoms with van der Waals surface area (Å²) in [6.07, 6.45) is 1.66. The van der Waals surface area contributed by atoms with E-state index in [0.29, 0.717) is 13.0 Å². The van der Waals surface area contributed by atoms with Crippen molar-refractivity contribution in [2.75, 3.05) is 20.3 Å². The molecule has 1 fully saturated rings. The summed E-state index contributed by atoms with van der Waals surface area (Å²) in [5.74, 6) is -1.71. The van der Waals surface area contributed by atoms with Crippen LogP contribution >= 0.6 is 0 Å². The Morgan fingerprint density at radius 2 is 1.62 bits per heavy atom. The molecule has 0 aromatic heterocycles. The Hall–Kier alpha value is -3.39. The molecule has 0 aliphatic heterocycles. The van der Waals surface area contributed by atoms with Crippen LogP contribution in [0, 0.1) is 5.92 Å². The van der Waals surface area contributed by atoms with Gasteiger partial charge < -0.3 is 25.2 Å². The quantitative estimate of drug-likeness (QED) is 0.438. The minimum Gasteiger partial charge on any atom is -0.480 e. The van der Waals surface area contributed by atoms with Gasteiger partial charge in [-0.2, -0.15) is 0 Å². The molecule has 2 aliphatic carbocycles. The number of rotatable bonds is 11. The number of carbonyl (C=O) groups excluding carboxylic acids is 2. The molecule has 2 atom stereocenters. The molecule has 0 heterocycles. The third kappa shape index (κ3) is 5.39. The maximum Gasteiger partial charge on any atom is 0.407 e. The number of fused-ring (bicyclic) bond motifs is 3. The Morgan fingerprint density at radius 3 is 2.18 bits per heavy atom. The molecule has 8 heteroatoms. The Bertz CT molecular complexity index is 1010. The molecule has 3 N–H and O–H groups in total. The number of hydrogen-bond acceptors (Lipinski definition) is 5. The first-order chi connectivity index (χ1) is 16.5. The van der Waals surface area contributed by atoms with Crippen LogP contribution in [-0.2, 0) is 19.1 Å². The van der Waals surface area contributed by atoms with Gasteiger partial charge in [-0.25, -0.2) is 9.59 Å². The van der Waals surface area contributed by atoms with Crippen LogP contribution in [0.5, 0.6) is 0 Å². The van der Waals surface area contributed by atoms with Crippen molar-refractivity contribution < 1.29 is 29.0 Å². The number of ether oxygens (including phenoxy) is 2. The standard InChI is InChI=1S/C26H30N2O6/c1-33-14-6-11-22(25(30)31)27-24(29)23(16-12-13-16)28-26(32)34-15-21-19-9-4-2-7-17(19)18-8-3-5-10-20(18)21/h2-5,7-10,16,21-23H,6,11-15H2,1H3,(H,27,29)(H,28,32)(H,30,31). The van der Waals surface area contributed by atoms with Crippen molar-refractivity contribution in [1.82, 2.24) is 10.6 Å². The SMILES string of the molecule is COCCCC(NC(=O)C(NC(=O)OCC1c2ccccc2-c2ccccc21)C1CC1)C(=O)O. The molecule has 0 radical (unpaired) electrons. The number of carboxylic acid groups (broad SMARTS) is 1. The van der Waals surface area contributed by atoms with E-state index in [0.717, 1.165) is 35.1 Å². The van der Waals surface area contributed by atoms with Crippen LogP contribution < -0.4 is 10.6 Å². The summed E-state index contributed by atoms with van der Waals surface area (Å²) in [7, 11) is 1.54. The molecule has 2 amide bonds. The zero-order valence-electron chi connectivity index (χ0n) is 19.2. The van der Waals surface area contributed by atoms with Gasteiger partial charge in [0.1, 0.15) is 18.7 Å². The van der Waals surface area contributed by atoms with Crippen molar-refractivity contribution in [2.24, 2.45) is 5.92 Å². The van der Waals surface area contributed by atoms with Crippen LogP contribution in [0.25, 0.3) is 11.1 Å². The van der Waals surface area contributed by atoms with E-state index in [9.17, 15) is 19.5 Å². The third-order valence-electron chi connectivity index (χ3n) is 6.45. The van der Waals surface area contributed by atoms with E-state index in [4.69, 9.17) is 9.47 Å². The molecule has 4 rings (SSSR count). The molecule has 2 aliphatic rings. The van der Waals surface area contributed by atoms with Crippen molar-refractivity contribution in [3.05, 3.63) is 59.7 Å². The maximum atomic E-state index is 12.8. The smallest absolute Gasteiger partial charge is 0.407 e. The highest BCUT2D eigenvalue weighted by molar-refractivity contribution is 5.89. The summed E-state index contributed by atoms with van der Waals surface area (Å²) in [5, 5.41) is 14.7. The van der Waals surface area contributed by atoms with Crippen LogP contribution in [0.1, 0.15) is 42.7 Å². The predicted octanol–water partition coefficient (Wildman–Crippen LogP) is 3.30. The summed E-state index contributed by atoms with van der Waals surface area (Å²) < 4.78 is 10.5. The van der Waals surface area contributed by atoms with Crippen LogP contribution in [0.3, 0.4) is 0 Å². The minimum atomic E-state index is -1.11. The fraction of sp³-hybridized carbons (Fsp3) is 0.423. The van der Waals surface area contributed by atoms with E-state index < -0.39 is 30.1 Å². The summed E-state index contributed by atoms with van der Waals surface area (Å²) in [6, 6.07) is 14.3. The number of nitrogens with one attached hydrogen (secondary N) is 2. The lowest BCUT2D eigenvalue weighted by atomic mass is 9.98. The average molecular weight is 467 g/mol. The van der Waals surface area contributed by atoms with E-state index in [1.165, 1.54) is 7.11 Å². The second-order valence-corrected chi connectivity index (χ2v) is 8.82. The van der Waals surface area contributed by atoms with Crippen molar-refractivity contribution >= 4 is 18.0 Å². The molecule has 1 saturated carbocycles. The van der Waals surface area contributed by atoms with Crippen molar-refractivity contribution in [3.63, 3.8) is 0 Å². The number of hydrogen-bond donors (Lipinski definition) is 3. The van der Waals surface area contributed by atoms with Gasteiger partial charge in [-0.15, -0.1) is 0 Å². The number of benzene rings is 2. The first kappa shape index (κ1) is 23.8. The van der Waals surface area contributed by atoms with E-state index in [1.807, 2.05) is 36.4 Å². The van der Waals surface area contributed by atoms with Crippen molar-refractivity contribution in [3.8, 4) is 11.1 Å². The topological polar surface area (TPSA) is 114 Å². The maximum absolute atomic E-state index is 12.8. The predicted molar refractivity (Wildman–Crippen MR) is 125 cm³/mol. The van der Waals surface area contributed by atoms with Crippen LogP contribution in [-0.4, -0.2) is 55.5 Å². The lowest BCUT2D eigenvalue weighted by Gasteiger charge is -2.22. The minimum absolute atomic E-state index is 0.0195. The Morgan fingerprint density at radius 1 is 1.00 bits per heavy atom. The number of alkyl carbamates (subject to hydrolysis) is 1. The van der Waals surface area contributed by atoms with Gasteiger partial charge in [0.25, 0.3) is 0 Å². The summed E-state index contributed by atoms with van der Waals surface area (Å²) in [6.45, 7) is 0.553. The van der Waals surface area contributed by atoms with Crippen LogP contribution in [0.4, 0.5) is 4.79 Å². The van der Waals surface area contributed by atoms with E-state index in [2.05, 4.69) is 22.8 Å². The highest BCUT2D eigenvalue weighted by Gasteiger charge is 2.39. The Labute approximate surface area is 198 Å². The largest absolute Gasteiger partial charge is 0.480 e. The molecule has 0 spiro atoms. The molecule has 0 saturated heterocycles. The van der Waals surface area contributed by atoms with E-state index >= 15 is 0 Å². The molecule has 2 aromatic carbocycles. The first-order valence-electron chi connectivity index (χ1n) is 11.6. The monoisotopic (exact) mass is 466 g/mol. The summed E-state index contributed by atoms with van der Waals surface area (Å²) in [4.78, 5) is 37.0. The van der Waals surface area contributed by atoms with Gasteiger partial charge in [0, 0.05) is 19.6 Å². The zero-order valence-corrected chi connectivity index (χ0v) is 19.2. The number of methoxy groups -OCH3 is 1. The van der Waals surface area contributed by atoms with Crippen LogP contribution in [0.15, 0.2) is 48.5 Å². The highest BCUT2D eigenvalue weighted by Crippen LogP contribution is 2.44. The van der Waals surface area contributed by atoms with Gasteiger partial charge in [0.05, 0.1) is 0 Å². The zero-order chi connectivity index (χ0) is 24.1. The first-order valence-corrected chi connectivity index (χ1v) is 11.6. The highest BCUT2D eigenvalue weighted by atomic mass is 16.5. The van der Waals surface area contributed by atoms with Gasteiger partial charge in [-0.05, 0) is 53.9 Å². The lowest BCUT2D eigenvalue weighted by molar-refractivity contribution is -0.142. The summed E-state index contributed by atoms with van der Waals surface area (Å²) >= 11 is 0. The molecule has 180 valence electrons. The van der Waals surface area contributed by atoms with E-state index in [-0.39, 0.29) is 24.9 Å². The molecule has 8 nitrogen and oxygen atoms in total. The molecule has 34 heavy (non-hydrogen) atoms. The second-order valence-electron chi connectivity index (χ2n) is 8.82. The van der Waals surface area contributed by atoms with Gasteiger partial charge >= 0.3 is 12.1 Å².